The average Bonchev–Trinajstić information content (AvgIpc) is 2.63. The number of hydrogen-bond acceptors (Lipinski definition) is 5. The van der Waals surface area contributed by atoms with Gasteiger partial charge in [0.1, 0.15) is 17.3 Å². The van der Waals surface area contributed by atoms with Crippen molar-refractivity contribution in [3.05, 3.63) is 52.3 Å². The molecule has 0 radical (unpaired) electrons. The molecule has 0 fully saturated rings. The van der Waals surface area contributed by atoms with Gasteiger partial charge in [0.25, 0.3) is 5.91 Å². The lowest BCUT2D eigenvalue weighted by Crippen LogP contribution is -2.31. The summed E-state index contributed by atoms with van der Waals surface area (Å²) >= 11 is 3.18. The zero-order valence-electron chi connectivity index (χ0n) is 14.3. The van der Waals surface area contributed by atoms with Gasteiger partial charge in [0.15, 0.2) is 6.10 Å². The molecule has 0 heterocycles. The molecule has 6 nitrogen and oxygen atoms in total. The van der Waals surface area contributed by atoms with Crippen LogP contribution in [-0.2, 0) is 9.53 Å². The van der Waals surface area contributed by atoms with Crippen molar-refractivity contribution in [1.29, 1.82) is 0 Å². The highest BCUT2D eigenvalue weighted by Crippen LogP contribution is 2.27. The molecule has 0 aliphatic carbocycles. The summed E-state index contributed by atoms with van der Waals surface area (Å²) in [4.78, 5) is 24.3. The second kappa shape index (κ2) is 8.66. The van der Waals surface area contributed by atoms with E-state index in [9.17, 15) is 14.0 Å². The fourth-order valence-corrected chi connectivity index (χ4v) is 2.53. The first-order valence-corrected chi connectivity index (χ1v) is 8.34. The first-order chi connectivity index (χ1) is 12.3. The minimum atomic E-state index is -0.899. The molecule has 8 heteroatoms. The van der Waals surface area contributed by atoms with E-state index in [0.29, 0.717) is 16.0 Å². The SMILES string of the molecule is COC(=O)c1cc(OC)ccc1NC(=O)C(C)Oc1ccc(F)cc1Br. The Hall–Kier alpha value is -2.61. The van der Waals surface area contributed by atoms with Gasteiger partial charge in [-0.3, -0.25) is 4.79 Å². The number of carbonyl (C=O) groups excluding carboxylic acids is 2. The van der Waals surface area contributed by atoms with Gasteiger partial charge >= 0.3 is 5.97 Å². The zero-order valence-corrected chi connectivity index (χ0v) is 15.9. The van der Waals surface area contributed by atoms with Crippen LogP contribution in [0.5, 0.6) is 11.5 Å². The lowest BCUT2D eigenvalue weighted by Gasteiger charge is -2.17. The third-order valence-electron chi connectivity index (χ3n) is 3.46. The van der Waals surface area contributed by atoms with Gasteiger partial charge in [0.2, 0.25) is 0 Å². The molecule has 2 rings (SSSR count). The monoisotopic (exact) mass is 425 g/mol. The lowest BCUT2D eigenvalue weighted by atomic mass is 10.1. The Morgan fingerprint density at radius 2 is 1.88 bits per heavy atom. The van der Waals surface area contributed by atoms with Crippen molar-refractivity contribution in [2.75, 3.05) is 19.5 Å². The van der Waals surface area contributed by atoms with Crippen LogP contribution in [0.25, 0.3) is 0 Å². The van der Waals surface area contributed by atoms with Crippen LogP contribution in [0.4, 0.5) is 10.1 Å². The Kier molecular flexibility index (Phi) is 6.57. The van der Waals surface area contributed by atoms with E-state index in [1.165, 1.54) is 51.5 Å². The highest BCUT2D eigenvalue weighted by molar-refractivity contribution is 9.10. The van der Waals surface area contributed by atoms with Crippen LogP contribution in [0.2, 0.25) is 0 Å². The molecular weight excluding hydrogens is 409 g/mol. The molecule has 1 N–H and O–H groups in total. The summed E-state index contributed by atoms with van der Waals surface area (Å²) < 4.78 is 28.9. The van der Waals surface area contributed by atoms with Crippen LogP contribution in [0.15, 0.2) is 40.9 Å². The van der Waals surface area contributed by atoms with Crippen molar-refractivity contribution in [2.45, 2.75) is 13.0 Å². The van der Waals surface area contributed by atoms with Crippen molar-refractivity contribution < 1.29 is 28.2 Å². The second-order valence-electron chi connectivity index (χ2n) is 5.23. The molecule has 26 heavy (non-hydrogen) atoms. The molecule has 0 saturated heterocycles. The maximum Gasteiger partial charge on any atom is 0.340 e. The highest BCUT2D eigenvalue weighted by Gasteiger charge is 2.20. The quantitative estimate of drug-likeness (QED) is 0.712. The smallest absolute Gasteiger partial charge is 0.340 e. The normalized spacial score (nSPS) is 11.4. The maximum absolute atomic E-state index is 13.1. The van der Waals surface area contributed by atoms with Gasteiger partial charge < -0.3 is 19.5 Å². The summed E-state index contributed by atoms with van der Waals surface area (Å²) in [5.74, 6) is -0.771. The number of nitrogens with one attached hydrogen (secondary N) is 1. The number of anilines is 1. The minimum absolute atomic E-state index is 0.148. The molecule has 0 aromatic heterocycles. The van der Waals surface area contributed by atoms with E-state index in [4.69, 9.17) is 14.2 Å². The molecule has 1 atom stereocenters. The molecule has 0 aliphatic rings. The number of halogens is 2. The molecule has 2 aromatic carbocycles. The molecule has 0 spiro atoms. The van der Waals surface area contributed by atoms with Gasteiger partial charge in [0, 0.05) is 0 Å². The van der Waals surface area contributed by atoms with Crippen molar-refractivity contribution >= 4 is 33.5 Å². The first-order valence-electron chi connectivity index (χ1n) is 7.54. The number of hydrogen-bond donors (Lipinski definition) is 1. The van der Waals surface area contributed by atoms with Gasteiger partial charge in [-0.15, -0.1) is 0 Å². The Bertz CT molecular complexity index is 827. The van der Waals surface area contributed by atoms with Gasteiger partial charge in [-0.2, -0.15) is 0 Å². The van der Waals surface area contributed by atoms with Crippen molar-refractivity contribution in [3.63, 3.8) is 0 Å². The fraction of sp³-hybridized carbons (Fsp3) is 0.222. The number of benzene rings is 2. The Balaban J connectivity index is 2.17. The maximum atomic E-state index is 13.1. The number of rotatable bonds is 6. The van der Waals surface area contributed by atoms with E-state index in [1.807, 2.05) is 0 Å². The molecule has 138 valence electrons. The summed E-state index contributed by atoms with van der Waals surface area (Å²) in [5.41, 5.74) is 0.409. The average molecular weight is 426 g/mol. The van der Waals surface area contributed by atoms with Crippen LogP contribution in [0, 0.1) is 5.82 Å². The summed E-state index contributed by atoms with van der Waals surface area (Å²) in [6.07, 6.45) is -0.899. The van der Waals surface area contributed by atoms with E-state index in [-0.39, 0.29) is 11.3 Å². The lowest BCUT2D eigenvalue weighted by molar-refractivity contribution is -0.122. The Labute approximate surface area is 158 Å². The van der Waals surface area contributed by atoms with Gasteiger partial charge in [-0.1, -0.05) is 0 Å². The topological polar surface area (TPSA) is 73.9 Å². The molecule has 0 bridgehead atoms. The predicted molar refractivity (Wildman–Crippen MR) is 97.2 cm³/mol. The van der Waals surface area contributed by atoms with E-state index < -0.39 is 23.8 Å². The van der Waals surface area contributed by atoms with E-state index in [2.05, 4.69) is 21.2 Å². The van der Waals surface area contributed by atoms with Crippen LogP contribution in [0.1, 0.15) is 17.3 Å². The van der Waals surface area contributed by atoms with Crippen LogP contribution < -0.4 is 14.8 Å². The molecule has 1 unspecified atom stereocenters. The predicted octanol–water partition coefficient (Wildman–Crippen LogP) is 3.79. The van der Waals surface area contributed by atoms with Crippen molar-refractivity contribution in [3.8, 4) is 11.5 Å². The standard InChI is InChI=1S/C18H17BrFNO5/c1-10(26-16-7-4-11(20)8-14(16)19)17(22)21-15-6-5-12(24-2)9-13(15)18(23)25-3/h4-10H,1-3H3,(H,21,22). The number of esters is 1. The minimum Gasteiger partial charge on any atom is -0.497 e. The summed E-state index contributed by atoms with van der Waals surface area (Å²) in [5, 5.41) is 2.62. The van der Waals surface area contributed by atoms with Gasteiger partial charge in [-0.05, 0) is 59.3 Å². The van der Waals surface area contributed by atoms with E-state index in [0.717, 1.165) is 0 Å². The summed E-state index contributed by atoms with van der Waals surface area (Å²) in [6, 6.07) is 8.47. The molecular formula is C18H17BrFNO5. The van der Waals surface area contributed by atoms with Gasteiger partial charge in [0.05, 0.1) is 29.9 Å². The number of methoxy groups -OCH3 is 2. The largest absolute Gasteiger partial charge is 0.497 e. The number of carbonyl (C=O) groups is 2. The Morgan fingerprint density at radius 3 is 2.50 bits per heavy atom. The van der Waals surface area contributed by atoms with Crippen LogP contribution in [0.3, 0.4) is 0 Å². The van der Waals surface area contributed by atoms with E-state index in [1.54, 1.807) is 6.07 Å². The fourth-order valence-electron chi connectivity index (χ4n) is 2.09. The summed E-state index contributed by atoms with van der Waals surface area (Å²) in [7, 11) is 2.70. The number of ether oxygens (including phenoxy) is 3. The van der Waals surface area contributed by atoms with Crippen LogP contribution >= 0.6 is 15.9 Å². The summed E-state index contributed by atoms with van der Waals surface area (Å²) in [6.45, 7) is 1.53. The van der Waals surface area contributed by atoms with Crippen molar-refractivity contribution in [2.24, 2.45) is 0 Å². The molecule has 2 aromatic rings. The van der Waals surface area contributed by atoms with E-state index >= 15 is 0 Å². The number of amides is 1. The molecule has 1 amide bonds. The third-order valence-corrected chi connectivity index (χ3v) is 4.08. The second-order valence-corrected chi connectivity index (χ2v) is 6.08. The molecule has 0 saturated carbocycles. The Morgan fingerprint density at radius 1 is 1.15 bits per heavy atom. The van der Waals surface area contributed by atoms with Crippen molar-refractivity contribution in [1.82, 2.24) is 0 Å². The zero-order chi connectivity index (χ0) is 19.3. The third kappa shape index (κ3) is 4.72. The first kappa shape index (κ1) is 19.7. The van der Waals surface area contributed by atoms with Gasteiger partial charge in [-0.25, -0.2) is 9.18 Å². The highest BCUT2D eigenvalue weighted by atomic mass is 79.9. The van der Waals surface area contributed by atoms with Crippen LogP contribution in [-0.4, -0.2) is 32.2 Å². The molecule has 0 aliphatic heterocycles.